The number of carbonyl (C=O) groups excluding carboxylic acids is 1. The molecule has 1 aromatic carbocycles. The van der Waals surface area contributed by atoms with Crippen LogP contribution in [0.25, 0.3) is 16.9 Å². The number of benzene rings is 1. The van der Waals surface area contributed by atoms with Crippen LogP contribution in [0.5, 0.6) is 0 Å². The van der Waals surface area contributed by atoms with E-state index >= 15 is 0 Å². The highest BCUT2D eigenvalue weighted by Gasteiger charge is 2.17. The number of nitrogens with one attached hydrogen (secondary N) is 1. The summed E-state index contributed by atoms with van der Waals surface area (Å²) in [4.78, 5) is 17.1. The van der Waals surface area contributed by atoms with Crippen LogP contribution in [0.1, 0.15) is 5.56 Å². The molecule has 0 bridgehead atoms. The van der Waals surface area contributed by atoms with Gasteiger partial charge in [-0.2, -0.15) is 0 Å². The van der Waals surface area contributed by atoms with Gasteiger partial charge in [0.15, 0.2) is 0 Å². The van der Waals surface area contributed by atoms with E-state index in [0.717, 1.165) is 22.5 Å². The molecule has 1 amide bonds. The van der Waals surface area contributed by atoms with Crippen molar-refractivity contribution < 1.29 is 4.79 Å². The molecule has 0 aliphatic heterocycles. The number of nitrogens with zero attached hydrogens (tertiary/aromatic N) is 6. The maximum absolute atomic E-state index is 12.4. The number of tetrazole rings is 1. The Balaban J connectivity index is 1.77. The number of anilines is 1. The molecule has 3 heterocycles. The Bertz CT molecular complexity index is 1020. The van der Waals surface area contributed by atoms with Crippen molar-refractivity contribution in [2.75, 3.05) is 5.32 Å². The molecule has 25 heavy (non-hydrogen) atoms. The van der Waals surface area contributed by atoms with Gasteiger partial charge in [0.25, 0.3) is 0 Å². The fraction of sp³-hybridized carbons (Fsp3) is 0.118. The van der Waals surface area contributed by atoms with Gasteiger partial charge < -0.3 is 5.32 Å². The lowest BCUT2D eigenvalue weighted by molar-refractivity contribution is -0.117. The molecule has 0 fully saturated rings. The van der Waals surface area contributed by atoms with Crippen LogP contribution >= 0.6 is 0 Å². The number of imidazole rings is 1. The van der Waals surface area contributed by atoms with Gasteiger partial charge in [0.2, 0.25) is 5.91 Å². The predicted octanol–water partition coefficient (Wildman–Crippen LogP) is 1.93. The third kappa shape index (κ3) is 2.97. The zero-order valence-electron chi connectivity index (χ0n) is 13.5. The van der Waals surface area contributed by atoms with E-state index in [1.165, 1.54) is 11.0 Å². The van der Waals surface area contributed by atoms with E-state index in [1.54, 1.807) is 0 Å². The van der Waals surface area contributed by atoms with Crippen molar-refractivity contribution in [3.05, 3.63) is 60.6 Å². The van der Waals surface area contributed by atoms with Crippen LogP contribution in [0.2, 0.25) is 0 Å². The molecule has 0 radical (unpaired) electrons. The van der Waals surface area contributed by atoms with E-state index < -0.39 is 0 Å². The maximum atomic E-state index is 12.4. The average molecular weight is 333 g/mol. The van der Waals surface area contributed by atoms with Gasteiger partial charge in [-0.05, 0) is 29.0 Å². The molecule has 0 unspecified atom stereocenters. The first-order valence-electron chi connectivity index (χ1n) is 7.75. The average Bonchev–Trinajstić information content (AvgIpc) is 3.24. The molecule has 8 heteroatoms. The van der Waals surface area contributed by atoms with Gasteiger partial charge in [0.1, 0.15) is 30.0 Å². The number of hydrogen-bond donors (Lipinski definition) is 1. The number of fused-ring (bicyclic) bond motifs is 1. The van der Waals surface area contributed by atoms with Crippen molar-refractivity contribution in [3.63, 3.8) is 0 Å². The summed E-state index contributed by atoms with van der Waals surface area (Å²) >= 11 is 0. The van der Waals surface area contributed by atoms with Gasteiger partial charge in [-0.3, -0.25) is 9.20 Å². The molecule has 0 aliphatic rings. The Labute approximate surface area is 143 Å². The number of aromatic nitrogens is 6. The Kier molecular flexibility index (Phi) is 3.70. The van der Waals surface area contributed by atoms with Gasteiger partial charge in [-0.1, -0.05) is 36.4 Å². The van der Waals surface area contributed by atoms with Crippen LogP contribution in [0.3, 0.4) is 0 Å². The number of carbonyl (C=O) groups is 1. The highest BCUT2D eigenvalue weighted by Crippen LogP contribution is 2.29. The van der Waals surface area contributed by atoms with Crippen LogP contribution < -0.4 is 5.32 Å². The minimum atomic E-state index is -0.229. The normalized spacial score (nSPS) is 10.9. The van der Waals surface area contributed by atoms with Crippen molar-refractivity contribution in [3.8, 4) is 11.3 Å². The lowest BCUT2D eigenvalue weighted by atomic mass is 10.1. The first-order valence-corrected chi connectivity index (χ1v) is 7.75. The van der Waals surface area contributed by atoms with Gasteiger partial charge in [-0.15, -0.1) is 5.10 Å². The molecule has 0 saturated carbocycles. The molecular formula is C17H15N7O. The first-order chi connectivity index (χ1) is 12.2. The van der Waals surface area contributed by atoms with E-state index in [1.807, 2.05) is 60.0 Å². The summed E-state index contributed by atoms with van der Waals surface area (Å²) in [5, 5.41) is 13.7. The van der Waals surface area contributed by atoms with Gasteiger partial charge >= 0.3 is 0 Å². The van der Waals surface area contributed by atoms with E-state index in [9.17, 15) is 4.79 Å². The minimum Gasteiger partial charge on any atom is -0.308 e. The molecule has 8 nitrogen and oxygen atoms in total. The predicted molar refractivity (Wildman–Crippen MR) is 91.8 cm³/mol. The van der Waals surface area contributed by atoms with E-state index in [-0.39, 0.29) is 12.5 Å². The van der Waals surface area contributed by atoms with Crippen LogP contribution in [0.15, 0.2) is 55.0 Å². The number of pyridine rings is 1. The number of aryl methyl sites for hydroxylation is 1. The van der Waals surface area contributed by atoms with Crippen LogP contribution in [-0.4, -0.2) is 35.5 Å². The fourth-order valence-corrected chi connectivity index (χ4v) is 2.64. The van der Waals surface area contributed by atoms with Crippen molar-refractivity contribution >= 4 is 17.4 Å². The Hall–Kier alpha value is -3.55. The zero-order valence-corrected chi connectivity index (χ0v) is 13.5. The van der Waals surface area contributed by atoms with Crippen molar-refractivity contribution in [2.24, 2.45) is 0 Å². The second kappa shape index (κ2) is 6.16. The molecule has 0 aliphatic carbocycles. The van der Waals surface area contributed by atoms with Crippen LogP contribution in [0, 0.1) is 6.92 Å². The SMILES string of the molecule is Cc1ccc2nc(-c3ccccc3)c(NC(=O)Cn3cnnn3)n2c1. The molecule has 3 aromatic heterocycles. The summed E-state index contributed by atoms with van der Waals surface area (Å²) in [7, 11) is 0. The fourth-order valence-electron chi connectivity index (χ4n) is 2.64. The van der Waals surface area contributed by atoms with Crippen LogP contribution in [0.4, 0.5) is 5.82 Å². The summed E-state index contributed by atoms with van der Waals surface area (Å²) in [6.45, 7) is 2.02. The molecule has 4 aromatic rings. The molecule has 0 saturated heterocycles. The maximum Gasteiger partial charge on any atom is 0.247 e. The number of hydrogen-bond acceptors (Lipinski definition) is 5. The largest absolute Gasteiger partial charge is 0.308 e. The second-order valence-electron chi connectivity index (χ2n) is 5.67. The van der Waals surface area contributed by atoms with Crippen molar-refractivity contribution in [1.29, 1.82) is 0 Å². The van der Waals surface area contributed by atoms with Gasteiger partial charge in [0, 0.05) is 11.8 Å². The number of amides is 1. The lowest BCUT2D eigenvalue weighted by Gasteiger charge is -2.08. The van der Waals surface area contributed by atoms with Gasteiger partial charge in [0.05, 0.1) is 0 Å². The number of rotatable bonds is 4. The lowest BCUT2D eigenvalue weighted by Crippen LogP contribution is -2.20. The molecule has 0 atom stereocenters. The quantitative estimate of drug-likeness (QED) is 0.616. The Morgan fingerprint density at radius 2 is 2.00 bits per heavy atom. The summed E-state index contributed by atoms with van der Waals surface area (Å²) in [6, 6.07) is 13.7. The molecule has 4 rings (SSSR count). The van der Waals surface area contributed by atoms with E-state index in [4.69, 9.17) is 0 Å². The first kappa shape index (κ1) is 15.0. The van der Waals surface area contributed by atoms with E-state index in [2.05, 4.69) is 25.8 Å². The van der Waals surface area contributed by atoms with E-state index in [0.29, 0.717) is 5.82 Å². The summed E-state index contributed by atoms with van der Waals surface area (Å²) in [5.41, 5.74) is 3.49. The minimum absolute atomic E-state index is 0.0281. The summed E-state index contributed by atoms with van der Waals surface area (Å²) in [6.07, 6.45) is 3.34. The monoisotopic (exact) mass is 333 g/mol. The Morgan fingerprint density at radius 1 is 1.16 bits per heavy atom. The topological polar surface area (TPSA) is 90.0 Å². The highest BCUT2D eigenvalue weighted by atomic mass is 16.2. The second-order valence-corrected chi connectivity index (χ2v) is 5.67. The third-order valence-corrected chi connectivity index (χ3v) is 3.77. The standard InChI is InChI=1S/C17H15N7O/c1-12-7-8-14-19-16(13-5-3-2-4-6-13)17(24(14)9-12)20-15(25)10-23-11-18-21-22-23/h2-9,11H,10H2,1H3,(H,20,25). The van der Waals surface area contributed by atoms with Crippen LogP contribution in [-0.2, 0) is 11.3 Å². The summed E-state index contributed by atoms with van der Waals surface area (Å²) < 4.78 is 3.25. The van der Waals surface area contributed by atoms with Crippen molar-refractivity contribution in [2.45, 2.75) is 13.5 Å². The molecule has 1 N–H and O–H groups in total. The van der Waals surface area contributed by atoms with Gasteiger partial charge in [-0.25, -0.2) is 9.67 Å². The highest BCUT2D eigenvalue weighted by molar-refractivity contribution is 5.94. The zero-order chi connectivity index (χ0) is 17.2. The molecule has 124 valence electrons. The Morgan fingerprint density at radius 3 is 2.76 bits per heavy atom. The van der Waals surface area contributed by atoms with Crippen molar-refractivity contribution in [1.82, 2.24) is 29.6 Å². The third-order valence-electron chi connectivity index (χ3n) is 3.77. The summed E-state index contributed by atoms with van der Waals surface area (Å²) in [5.74, 6) is 0.399. The molecular weight excluding hydrogens is 318 g/mol. The smallest absolute Gasteiger partial charge is 0.247 e. The molecule has 0 spiro atoms.